The second-order valence-corrected chi connectivity index (χ2v) is 4.11. The van der Waals surface area contributed by atoms with E-state index in [0.717, 1.165) is 11.1 Å². The molecule has 1 aromatic heterocycles. The molecule has 0 aliphatic heterocycles. The molecule has 2 heteroatoms. The maximum Gasteiger partial charge on any atom is 0.126 e. The van der Waals surface area contributed by atoms with E-state index < -0.39 is 0 Å². The van der Waals surface area contributed by atoms with E-state index >= 15 is 0 Å². The lowest BCUT2D eigenvalue weighted by molar-refractivity contribution is 0.626. The molecule has 0 spiro atoms. The minimum absolute atomic E-state index is 0.248. The predicted octanol–water partition coefficient (Wildman–Crippen LogP) is 3.81. The molecule has 0 fully saturated rings. The molecule has 0 unspecified atom stereocenters. The van der Waals surface area contributed by atoms with Crippen molar-refractivity contribution in [3.05, 3.63) is 53.0 Å². The summed E-state index contributed by atoms with van der Waals surface area (Å²) in [6.07, 6.45) is 1.50. The molecular formula is C14H14FN. The summed E-state index contributed by atoms with van der Waals surface area (Å²) in [5.41, 5.74) is 5.27. The third-order valence-corrected chi connectivity index (χ3v) is 2.84. The van der Waals surface area contributed by atoms with Crippen LogP contribution in [0.15, 0.2) is 30.5 Å². The zero-order valence-electron chi connectivity index (χ0n) is 9.71. The van der Waals surface area contributed by atoms with E-state index in [-0.39, 0.29) is 5.82 Å². The molecule has 0 radical (unpaired) electrons. The van der Waals surface area contributed by atoms with E-state index in [1.54, 1.807) is 0 Å². The monoisotopic (exact) mass is 215 g/mol. The van der Waals surface area contributed by atoms with Crippen molar-refractivity contribution < 1.29 is 4.39 Å². The lowest BCUT2D eigenvalue weighted by atomic mass is 9.98. The lowest BCUT2D eigenvalue weighted by Gasteiger charge is -2.09. The molecule has 0 aliphatic rings. The van der Waals surface area contributed by atoms with Crippen molar-refractivity contribution in [1.82, 2.24) is 4.98 Å². The van der Waals surface area contributed by atoms with Gasteiger partial charge in [0.2, 0.25) is 0 Å². The first-order valence-electron chi connectivity index (χ1n) is 5.27. The summed E-state index contributed by atoms with van der Waals surface area (Å²) in [5.74, 6) is -0.248. The summed E-state index contributed by atoms with van der Waals surface area (Å²) in [5, 5.41) is 0. The predicted molar refractivity (Wildman–Crippen MR) is 63.8 cm³/mol. The zero-order chi connectivity index (χ0) is 11.7. The van der Waals surface area contributed by atoms with Gasteiger partial charge < -0.3 is 0 Å². The van der Waals surface area contributed by atoms with E-state index in [1.807, 2.05) is 6.92 Å². The number of hydrogen-bond acceptors (Lipinski definition) is 1. The number of nitrogens with zero attached hydrogens (tertiary/aromatic N) is 1. The van der Waals surface area contributed by atoms with Gasteiger partial charge in [-0.2, -0.15) is 0 Å². The molecule has 0 N–H and O–H groups in total. The first kappa shape index (κ1) is 10.8. The Balaban J connectivity index is 2.60. The lowest BCUT2D eigenvalue weighted by Crippen LogP contribution is -1.91. The smallest absolute Gasteiger partial charge is 0.126 e. The zero-order valence-corrected chi connectivity index (χ0v) is 9.71. The van der Waals surface area contributed by atoms with E-state index in [9.17, 15) is 4.39 Å². The van der Waals surface area contributed by atoms with Crippen LogP contribution in [0.25, 0.3) is 11.3 Å². The van der Waals surface area contributed by atoms with Crippen LogP contribution in [0, 0.1) is 26.6 Å². The highest BCUT2D eigenvalue weighted by Gasteiger charge is 2.06. The normalized spacial score (nSPS) is 10.5. The van der Waals surface area contributed by atoms with Crippen LogP contribution in [0.5, 0.6) is 0 Å². The Labute approximate surface area is 95.0 Å². The summed E-state index contributed by atoms with van der Waals surface area (Å²) in [6, 6.07) is 7.00. The highest BCUT2D eigenvalue weighted by atomic mass is 19.1. The van der Waals surface area contributed by atoms with Gasteiger partial charge in [0.15, 0.2) is 0 Å². The SMILES string of the molecule is Cc1cc(C)c(-c2cc(F)ccn2)cc1C. The number of pyridine rings is 1. The highest BCUT2D eigenvalue weighted by molar-refractivity contribution is 5.65. The van der Waals surface area contributed by atoms with E-state index in [0.29, 0.717) is 5.69 Å². The average molecular weight is 215 g/mol. The van der Waals surface area contributed by atoms with Gasteiger partial charge in [-0.1, -0.05) is 6.07 Å². The molecular weight excluding hydrogens is 201 g/mol. The van der Waals surface area contributed by atoms with Crippen molar-refractivity contribution in [2.75, 3.05) is 0 Å². The van der Waals surface area contributed by atoms with Gasteiger partial charge in [-0.25, -0.2) is 4.39 Å². The van der Waals surface area contributed by atoms with Crippen LogP contribution in [-0.4, -0.2) is 4.98 Å². The Kier molecular flexibility index (Phi) is 2.73. The van der Waals surface area contributed by atoms with Crippen molar-refractivity contribution in [3.8, 4) is 11.3 Å². The molecule has 0 aliphatic carbocycles. The van der Waals surface area contributed by atoms with E-state index in [4.69, 9.17) is 0 Å². The quantitative estimate of drug-likeness (QED) is 0.704. The molecule has 16 heavy (non-hydrogen) atoms. The first-order valence-corrected chi connectivity index (χ1v) is 5.27. The molecule has 0 atom stereocenters. The molecule has 0 saturated heterocycles. The van der Waals surface area contributed by atoms with Crippen LogP contribution >= 0.6 is 0 Å². The second kappa shape index (κ2) is 4.05. The minimum atomic E-state index is -0.248. The molecule has 2 aromatic rings. The summed E-state index contributed by atoms with van der Waals surface area (Å²) >= 11 is 0. The third-order valence-electron chi connectivity index (χ3n) is 2.84. The largest absolute Gasteiger partial charge is 0.256 e. The van der Waals surface area contributed by atoms with Gasteiger partial charge in [0.05, 0.1) is 5.69 Å². The summed E-state index contributed by atoms with van der Waals surface area (Å²) in [4.78, 5) is 4.20. The Morgan fingerprint density at radius 3 is 2.31 bits per heavy atom. The summed E-state index contributed by atoms with van der Waals surface area (Å²) < 4.78 is 13.1. The first-order chi connectivity index (χ1) is 7.58. The Bertz CT molecular complexity index is 532. The average Bonchev–Trinajstić information content (AvgIpc) is 2.23. The van der Waals surface area contributed by atoms with Crippen LogP contribution in [0.2, 0.25) is 0 Å². The van der Waals surface area contributed by atoms with Crippen LogP contribution < -0.4 is 0 Å². The molecule has 0 amide bonds. The number of benzene rings is 1. The molecule has 0 saturated carbocycles. The van der Waals surface area contributed by atoms with Crippen molar-refractivity contribution in [1.29, 1.82) is 0 Å². The maximum absolute atomic E-state index is 13.1. The fourth-order valence-corrected chi connectivity index (χ4v) is 1.79. The van der Waals surface area contributed by atoms with Crippen LogP contribution in [0.4, 0.5) is 4.39 Å². The van der Waals surface area contributed by atoms with Gasteiger partial charge >= 0.3 is 0 Å². The van der Waals surface area contributed by atoms with Crippen molar-refractivity contribution in [2.24, 2.45) is 0 Å². The topological polar surface area (TPSA) is 12.9 Å². The summed E-state index contributed by atoms with van der Waals surface area (Å²) in [7, 11) is 0. The maximum atomic E-state index is 13.1. The van der Waals surface area contributed by atoms with Crippen molar-refractivity contribution in [3.63, 3.8) is 0 Å². The van der Waals surface area contributed by atoms with E-state index in [1.165, 1.54) is 29.5 Å². The van der Waals surface area contributed by atoms with Crippen LogP contribution in [-0.2, 0) is 0 Å². The number of aromatic nitrogens is 1. The van der Waals surface area contributed by atoms with Gasteiger partial charge in [-0.15, -0.1) is 0 Å². The van der Waals surface area contributed by atoms with Gasteiger partial charge in [0.1, 0.15) is 5.82 Å². The molecule has 1 heterocycles. The fraction of sp³-hybridized carbons (Fsp3) is 0.214. The van der Waals surface area contributed by atoms with Gasteiger partial charge in [-0.05, 0) is 49.6 Å². The van der Waals surface area contributed by atoms with Crippen LogP contribution in [0.1, 0.15) is 16.7 Å². The van der Waals surface area contributed by atoms with Crippen LogP contribution in [0.3, 0.4) is 0 Å². The summed E-state index contributed by atoms with van der Waals surface area (Å²) in [6.45, 7) is 6.15. The molecule has 82 valence electrons. The van der Waals surface area contributed by atoms with E-state index in [2.05, 4.69) is 31.0 Å². The van der Waals surface area contributed by atoms with Crippen molar-refractivity contribution in [2.45, 2.75) is 20.8 Å². The number of aryl methyl sites for hydroxylation is 3. The molecule has 0 bridgehead atoms. The Morgan fingerprint density at radius 1 is 0.938 bits per heavy atom. The number of hydrogen-bond donors (Lipinski definition) is 0. The standard InChI is InChI=1S/C14H14FN/c1-9-6-11(3)13(7-10(9)2)14-8-12(15)4-5-16-14/h4-8H,1-3H3. The number of rotatable bonds is 1. The molecule has 1 aromatic carbocycles. The van der Waals surface area contributed by atoms with Gasteiger partial charge in [0, 0.05) is 17.8 Å². The Morgan fingerprint density at radius 2 is 1.62 bits per heavy atom. The fourth-order valence-electron chi connectivity index (χ4n) is 1.79. The second-order valence-electron chi connectivity index (χ2n) is 4.11. The highest BCUT2D eigenvalue weighted by Crippen LogP contribution is 2.24. The number of halogens is 1. The van der Waals surface area contributed by atoms with Gasteiger partial charge in [-0.3, -0.25) is 4.98 Å². The Hall–Kier alpha value is -1.70. The van der Waals surface area contributed by atoms with Crippen molar-refractivity contribution >= 4 is 0 Å². The molecule has 2 rings (SSSR count). The van der Waals surface area contributed by atoms with Gasteiger partial charge in [0.25, 0.3) is 0 Å². The molecule has 1 nitrogen and oxygen atoms in total. The minimum Gasteiger partial charge on any atom is -0.256 e. The third kappa shape index (κ3) is 1.96.